The van der Waals surface area contributed by atoms with Crippen LogP contribution in [0, 0.1) is 0 Å². The Bertz CT molecular complexity index is 104. The van der Waals surface area contributed by atoms with Crippen molar-refractivity contribution in [1.82, 2.24) is 0 Å². The minimum Gasteiger partial charge on any atom is -0.377 e. The lowest BCUT2D eigenvalue weighted by Crippen LogP contribution is -2.24. The Morgan fingerprint density at radius 2 is 1.85 bits per heavy atom. The average molecular weight is 187 g/mol. The predicted molar refractivity (Wildman–Crippen MR) is 57.8 cm³/mol. The van der Waals surface area contributed by atoms with E-state index in [2.05, 4.69) is 13.8 Å². The van der Waals surface area contributed by atoms with Gasteiger partial charge in [0.05, 0.1) is 12.7 Å². The second-order valence-electron chi connectivity index (χ2n) is 3.97. The molecule has 13 heavy (non-hydrogen) atoms. The predicted octanol–water partition coefficient (Wildman–Crippen LogP) is 2.71. The lowest BCUT2D eigenvalue weighted by atomic mass is 10.1. The molecule has 0 aliphatic carbocycles. The van der Waals surface area contributed by atoms with Crippen molar-refractivity contribution in [1.29, 1.82) is 0 Å². The molecular weight excluding hydrogens is 162 g/mol. The highest BCUT2D eigenvalue weighted by atomic mass is 16.5. The molecule has 2 atom stereocenters. The Hall–Kier alpha value is -0.0800. The first kappa shape index (κ1) is 12.9. The SMILES string of the molecule is CCCCCCC(C)OCC(C)N. The molecule has 0 spiro atoms. The van der Waals surface area contributed by atoms with Crippen molar-refractivity contribution >= 4 is 0 Å². The molecule has 0 rings (SSSR count). The molecule has 0 heterocycles. The van der Waals surface area contributed by atoms with E-state index in [9.17, 15) is 0 Å². The third-order valence-corrected chi connectivity index (χ3v) is 2.11. The summed E-state index contributed by atoms with van der Waals surface area (Å²) in [6, 6.07) is 0.165. The van der Waals surface area contributed by atoms with Crippen LogP contribution in [0.5, 0.6) is 0 Å². The van der Waals surface area contributed by atoms with Gasteiger partial charge in [-0.3, -0.25) is 0 Å². The Kier molecular flexibility index (Phi) is 8.46. The van der Waals surface area contributed by atoms with Crippen LogP contribution in [0.15, 0.2) is 0 Å². The number of unbranched alkanes of at least 4 members (excludes halogenated alkanes) is 3. The molecule has 2 heteroatoms. The van der Waals surface area contributed by atoms with E-state index in [-0.39, 0.29) is 6.04 Å². The van der Waals surface area contributed by atoms with E-state index in [1.807, 2.05) is 6.92 Å². The highest BCUT2D eigenvalue weighted by molar-refractivity contribution is 4.55. The first-order valence-electron chi connectivity index (χ1n) is 5.54. The lowest BCUT2D eigenvalue weighted by Gasteiger charge is -2.14. The molecule has 0 saturated heterocycles. The Morgan fingerprint density at radius 3 is 2.38 bits per heavy atom. The minimum atomic E-state index is 0.165. The van der Waals surface area contributed by atoms with Crippen molar-refractivity contribution in [2.24, 2.45) is 5.73 Å². The Balaban J connectivity index is 3.15. The third-order valence-electron chi connectivity index (χ3n) is 2.11. The zero-order valence-electron chi connectivity index (χ0n) is 9.38. The highest BCUT2D eigenvalue weighted by Crippen LogP contribution is 2.07. The van der Waals surface area contributed by atoms with Gasteiger partial charge in [-0.25, -0.2) is 0 Å². The standard InChI is InChI=1S/C11H25NO/c1-4-5-6-7-8-11(3)13-9-10(2)12/h10-11H,4-9,12H2,1-3H3. The molecule has 0 aliphatic rings. The van der Waals surface area contributed by atoms with Crippen molar-refractivity contribution in [2.75, 3.05) is 6.61 Å². The lowest BCUT2D eigenvalue weighted by molar-refractivity contribution is 0.0517. The van der Waals surface area contributed by atoms with Crippen LogP contribution in [0.3, 0.4) is 0 Å². The first-order chi connectivity index (χ1) is 6.16. The van der Waals surface area contributed by atoms with Gasteiger partial charge in [-0.1, -0.05) is 32.6 Å². The number of hydrogen-bond donors (Lipinski definition) is 1. The summed E-state index contributed by atoms with van der Waals surface area (Å²) >= 11 is 0. The van der Waals surface area contributed by atoms with E-state index in [0.717, 1.165) is 0 Å². The van der Waals surface area contributed by atoms with Gasteiger partial charge in [0.15, 0.2) is 0 Å². The molecule has 0 fully saturated rings. The van der Waals surface area contributed by atoms with Crippen LogP contribution in [0.4, 0.5) is 0 Å². The summed E-state index contributed by atoms with van der Waals surface area (Å²) < 4.78 is 5.56. The van der Waals surface area contributed by atoms with E-state index < -0.39 is 0 Å². The van der Waals surface area contributed by atoms with Crippen LogP contribution in [0.25, 0.3) is 0 Å². The van der Waals surface area contributed by atoms with Gasteiger partial charge in [-0.15, -0.1) is 0 Å². The minimum absolute atomic E-state index is 0.165. The van der Waals surface area contributed by atoms with Crippen LogP contribution in [-0.2, 0) is 4.74 Å². The molecule has 0 amide bonds. The molecule has 2 unspecified atom stereocenters. The molecule has 0 saturated carbocycles. The topological polar surface area (TPSA) is 35.2 Å². The molecule has 0 bridgehead atoms. The fraction of sp³-hybridized carbons (Fsp3) is 1.00. The van der Waals surface area contributed by atoms with Gasteiger partial charge in [0.1, 0.15) is 0 Å². The van der Waals surface area contributed by atoms with Crippen molar-refractivity contribution in [3.63, 3.8) is 0 Å². The fourth-order valence-electron chi connectivity index (χ4n) is 1.26. The Morgan fingerprint density at radius 1 is 1.15 bits per heavy atom. The second kappa shape index (κ2) is 8.52. The van der Waals surface area contributed by atoms with Crippen molar-refractivity contribution in [3.05, 3.63) is 0 Å². The number of ether oxygens (including phenoxy) is 1. The van der Waals surface area contributed by atoms with E-state index in [1.165, 1.54) is 32.1 Å². The van der Waals surface area contributed by atoms with E-state index >= 15 is 0 Å². The summed E-state index contributed by atoms with van der Waals surface area (Å²) in [4.78, 5) is 0. The van der Waals surface area contributed by atoms with E-state index in [0.29, 0.717) is 12.7 Å². The normalized spacial score (nSPS) is 15.7. The van der Waals surface area contributed by atoms with Gasteiger partial charge < -0.3 is 10.5 Å². The third kappa shape index (κ3) is 9.84. The van der Waals surface area contributed by atoms with Crippen LogP contribution < -0.4 is 5.73 Å². The monoisotopic (exact) mass is 187 g/mol. The number of rotatable bonds is 8. The van der Waals surface area contributed by atoms with Gasteiger partial charge in [0.2, 0.25) is 0 Å². The summed E-state index contributed by atoms with van der Waals surface area (Å²) in [5.74, 6) is 0. The molecule has 0 radical (unpaired) electrons. The molecule has 0 aliphatic heterocycles. The molecule has 2 nitrogen and oxygen atoms in total. The molecular formula is C11H25NO. The van der Waals surface area contributed by atoms with E-state index in [1.54, 1.807) is 0 Å². The molecule has 0 aromatic carbocycles. The van der Waals surface area contributed by atoms with Crippen LogP contribution in [0.2, 0.25) is 0 Å². The number of nitrogens with two attached hydrogens (primary N) is 1. The maximum absolute atomic E-state index is 5.59. The summed E-state index contributed by atoms with van der Waals surface area (Å²) in [6.45, 7) is 7.03. The van der Waals surface area contributed by atoms with Gasteiger partial charge in [0.25, 0.3) is 0 Å². The summed E-state index contributed by atoms with van der Waals surface area (Å²) in [7, 11) is 0. The zero-order chi connectivity index (χ0) is 10.1. The summed E-state index contributed by atoms with van der Waals surface area (Å²) in [5, 5.41) is 0. The van der Waals surface area contributed by atoms with Gasteiger partial charge in [0, 0.05) is 6.04 Å². The smallest absolute Gasteiger partial charge is 0.0618 e. The molecule has 0 aromatic heterocycles. The van der Waals surface area contributed by atoms with Crippen LogP contribution in [0.1, 0.15) is 52.9 Å². The van der Waals surface area contributed by atoms with Crippen molar-refractivity contribution in [3.8, 4) is 0 Å². The summed E-state index contributed by atoms with van der Waals surface area (Å²) in [6.07, 6.45) is 6.82. The first-order valence-corrected chi connectivity index (χ1v) is 5.54. The fourth-order valence-corrected chi connectivity index (χ4v) is 1.26. The van der Waals surface area contributed by atoms with Crippen molar-refractivity contribution in [2.45, 2.75) is 65.0 Å². The number of hydrogen-bond acceptors (Lipinski definition) is 2. The average Bonchev–Trinajstić information content (AvgIpc) is 2.09. The van der Waals surface area contributed by atoms with Gasteiger partial charge in [-0.2, -0.15) is 0 Å². The van der Waals surface area contributed by atoms with Gasteiger partial charge >= 0.3 is 0 Å². The maximum Gasteiger partial charge on any atom is 0.0618 e. The van der Waals surface area contributed by atoms with E-state index in [4.69, 9.17) is 10.5 Å². The van der Waals surface area contributed by atoms with Crippen LogP contribution in [-0.4, -0.2) is 18.8 Å². The molecule has 2 N–H and O–H groups in total. The van der Waals surface area contributed by atoms with Crippen LogP contribution >= 0.6 is 0 Å². The maximum atomic E-state index is 5.59. The Labute approximate surface area is 82.8 Å². The van der Waals surface area contributed by atoms with Crippen molar-refractivity contribution < 1.29 is 4.74 Å². The molecule has 80 valence electrons. The second-order valence-corrected chi connectivity index (χ2v) is 3.97. The highest BCUT2D eigenvalue weighted by Gasteiger charge is 2.02. The largest absolute Gasteiger partial charge is 0.377 e. The van der Waals surface area contributed by atoms with Gasteiger partial charge in [-0.05, 0) is 20.3 Å². The zero-order valence-corrected chi connectivity index (χ0v) is 9.38. The summed E-state index contributed by atoms with van der Waals surface area (Å²) in [5.41, 5.74) is 5.59. The molecule has 0 aromatic rings. The quantitative estimate of drug-likeness (QED) is 0.593.